The first-order valence-corrected chi connectivity index (χ1v) is 7.64. The summed E-state index contributed by atoms with van der Waals surface area (Å²) in [6.45, 7) is 2.80. The Morgan fingerprint density at radius 2 is 2.42 bits per heavy atom. The average Bonchev–Trinajstić information content (AvgIpc) is 2.37. The van der Waals surface area contributed by atoms with Crippen molar-refractivity contribution < 1.29 is 13.2 Å². The third-order valence-corrected chi connectivity index (χ3v) is 3.81. The second-order valence-electron chi connectivity index (χ2n) is 4.12. The lowest BCUT2D eigenvalue weighted by atomic mass is 10.3. The minimum absolute atomic E-state index is 0.0320. The van der Waals surface area contributed by atoms with E-state index < -0.39 is 10.0 Å². The molecule has 1 aliphatic heterocycles. The number of nitrogens with one attached hydrogen (secondary N) is 2. The van der Waals surface area contributed by atoms with Crippen LogP contribution in [0.5, 0.6) is 0 Å². The number of nitrogens with zero attached hydrogens (tertiary/aromatic N) is 1. The van der Waals surface area contributed by atoms with E-state index in [0.717, 1.165) is 13.1 Å². The van der Waals surface area contributed by atoms with Gasteiger partial charge < -0.3 is 15.4 Å². The zero-order chi connectivity index (χ0) is 13.9. The molecule has 7 nitrogen and oxygen atoms in total. The normalized spacial score (nSPS) is 20.2. The van der Waals surface area contributed by atoms with Gasteiger partial charge in [-0.25, -0.2) is 18.5 Å². The van der Waals surface area contributed by atoms with Crippen molar-refractivity contribution in [2.24, 2.45) is 5.14 Å². The molecule has 0 bridgehead atoms. The van der Waals surface area contributed by atoms with Gasteiger partial charge in [-0.15, -0.1) is 0 Å². The van der Waals surface area contributed by atoms with Crippen LogP contribution in [0.1, 0.15) is 0 Å². The molecule has 1 fully saturated rings. The number of rotatable bonds is 4. The third-order valence-electron chi connectivity index (χ3n) is 2.65. The van der Waals surface area contributed by atoms with E-state index in [2.05, 4.69) is 15.6 Å². The Kier molecular flexibility index (Phi) is 4.58. The van der Waals surface area contributed by atoms with Crippen LogP contribution in [0.25, 0.3) is 0 Å². The van der Waals surface area contributed by atoms with Crippen molar-refractivity contribution in [2.45, 2.75) is 11.0 Å². The summed E-state index contributed by atoms with van der Waals surface area (Å²) in [7, 11) is -3.79. The topological polar surface area (TPSA) is 106 Å². The van der Waals surface area contributed by atoms with Gasteiger partial charge in [-0.1, -0.05) is 11.6 Å². The van der Waals surface area contributed by atoms with Crippen molar-refractivity contribution in [2.75, 3.05) is 31.6 Å². The van der Waals surface area contributed by atoms with Crippen LogP contribution in [-0.4, -0.2) is 45.7 Å². The standard InChI is InChI=1S/C10H15ClN4O3S/c11-9-3-8(19(12,16)17)6-15-10(9)14-5-7-4-13-1-2-18-7/h3,6-7,13H,1-2,4-5H2,(H,14,15)(H2,12,16,17)/t7-/m0/s1. The Morgan fingerprint density at radius 1 is 1.63 bits per heavy atom. The van der Waals surface area contributed by atoms with Gasteiger partial charge in [0, 0.05) is 25.8 Å². The van der Waals surface area contributed by atoms with Gasteiger partial charge in [0.05, 0.1) is 17.7 Å². The summed E-state index contributed by atoms with van der Waals surface area (Å²) in [6, 6.07) is 1.27. The number of nitrogens with two attached hydrogens (primary N) is 1. The molecule has 1 aromatic heterocycles. The highest BCUT2D eigenvalue weighted by Crippen LogP contribution is 2.21. The van der Waals surface area contributed by atoms with E-state index in [-0.39, 0.29) is 16.0 Å². The molecule has 0 radical (unpaired) electrons. The molecular weight excluding hydrogens is 292 g/mol. The molecule has 19 heavy (non-hydrogen) atoms. The van der Waals surface area contributed by atoms with Crippen LogP contribution in [0.3, 0.4) is 0 Å². The Bertz CT molecular complexity index is 546. The van der Waals surface area contributed by atoms with Crippen molar-refractivity contribution in [3.05, 3.63) is 17.3 Å². The average molecular weight is 307 g/mol. The lowest BCUT2D eigenvalue weighted by Gasteiger charge is -2.24. The number of primary sulfonamides is 1. The van der Waals surface area contributed by atoms with Crippen LogP contribution in [0.4, 0.5) is 5.82 Å². The van der Waals surface area contributed by atoms with E-state index in [1.807, 2.05) is 0 Å². The fourth-order valence-corrected chi connectivity index (χ4v) is 2.45. The number of hydrogen-bond donors (Lipinski definition) is 3. The molecule has 1 atom stereocenters. The summed E-state index contributed by atoms with van der Waals surface area (Å²) in [5, 5.41) is 11.4. The van der Waals surface area contributed by atoms with Gasteiger partial charge >= 0.3 is 0 Å². The molecular formula is C10H15ClN4O3S. The summed E-state index contributed by atoms with van der Waals surface area (Å²) in [4.78, 5) is 3.84. The number of anilines is 1. The molecule has 0 spiro atoms. The molecule has 0 aliphatic carbocycles. The summed E-state index contributed by atoms with van der Waals surface area (Å²) < 4.78 is 27.8. The zero-order valence-corrected chi connectivity index (χ0v) is 11.7. The van der Waals surface area contributed by atoms with Gasteiger partial charge in [-0.05, 0) is 6.07 Å². The molecule has 0 amide bonds. The molecule has 1 saturated heterocycles. The van der Waals surface area contributed by atoms with Crippen LogP contribution in [0.15, 0.2) is 17.2 Å². The molecule has 0 unspecified atom stereocenters. The minimum Gasteiger partial charge on any atom is -0.374 e. The predicted molar refractivity (Wildman–Crippen MR) is 71.7 cm³/mol. The Labute approximate surface area is 116 Å². The summed E-state index contributed by atoms with van der Waals surface area (Å²) in [5.41, 5.74) is 0. The monoisotopic (exact) mass is 306 g/mol. The van der Waals surface area contributed by atoms with Gasteiger partial charge in [-0.2, -0.15) is 0 Å². The molecule has 2 rings (SSSR count). The van der Waals surface area contributed by atoms with E-state index >= 15 is 0 Å². The van der Waals surface area contributed by atoms with Crippen LogP contribution >= 0.6 is 11.6 Å². The maximum atomic E-state index is 11.1. The van der Waals surface area contributed by atoms with Gasteiger partial charge in [0.1, 0.15) is 10.7 Å². The third kappa shape index (κ3) is 4.02. The van der Waals surface area contributed by atoms with Crippen LogP contribution < -0.4 is 15.8 Å². The number of ether oxygens (including phenoxy) is 1. The molecule has 9 heteroatoms. The van der Waals surface area contributed by atoms with Gasteiger partial charge in [-0.3, -0.25) is 0 Å². The SMILES string of the molecule is NS(=O)(=O)c1cnc(NC[C@@H]2CNCCO2)c(Cl)c1. The van der Waals surface area contributed by atoms with Crippen molar-refractivity contribution >= 4 is 27.4 Å². The Balaban J connectivity index is 2.01. The lowest BCUT2D eigenvalue weighted by Crippen LogP contribution is -2.42. The number of halogens is 1. The van der Waals surface area contributed by atoms with E-state index in [0.29, 0.717) is 19.0 Å². The van der Waals surface area contributed by atoms with E-state index in [1.165, 1.54) is 12.3 Å². The van der Waals surface area contributed by atoms with E-state index in [4.69, 9.17) is 21.5 Å². The molecule has 0 saturated carbocycles. The maximum absolute atomic E-state index is 11.1. The van der Waals surface area contributed by atoms with Crippen molar-refractivity contribution in [1.29, 1.82) is 0 Å². The second kappa shape index (κ2) is 6.02. The van der Waals surface area contributed by atoms with Gasteiger partial charge in [0.15, 0.2) is 0 Å². The predicted octanol–water partition coefficient (Wildman–Crippen LogP) is -0.217. The first-order chi connectivity index (χ1) is 8.97. The molecule has 106 valence electrons. The molecule has 1 aliphatic rings. The fraction of sp³-hybridized carbons (Fsp3) is 0.500. The largest absolute Gasteiger partial charge is 0.374 e. The molecule has 2 heterocycles. The summed E-state index contributed by atoms with van der Waals surface area (Å²) >= 11 is 5.95. The number of hydrogen-bond acceptors (Lipinski definition) is 6. The Hall–Kier alpha value is -0.930. The first kappa shape index (κ1) is 14.5. The number of aromatic nitrogens is 1. The minimum atomic E-state index is -3.79. The Morgan fingerprint density at radius 3 is 3.00 bits per heavy atom. The summed E-state index contributed by atoms with van der Waals surface area (Å²) in [6.07, 6.45) is 1.20. The van der Waals surface area contributed by atoms with Crippen molar-refractivity contribution in [3.8, 4) is 0 Å². The van der Waals surface area contributed by atoms with Crippen LogP contribution in [-0.2, 0) is 14.8 Å². The number of morpholine rings is 1. The highest BCUT2D eigenvalue weighted by atomic mass is 35.5. The van der Waals surface area contributed by atoms with Crippen LogP contribution in [0.2, 0.25) is 5.02 Å². The van der Waals surface area contributed by atoms with Gasteiger partial charge in [0.2, 0.25) is 10.0 Å². The molecule has 4 N–H and O–H groups in total. The molecule has 0 aromatic carbocycles. The number of pyridine rings is 1. The molecule has 1 aromatic rings. The van der Waals surface area contributed by atoms with Gasteiger partial charge in [0.25, 0.3) is 0 Å². The second-order valence-corrected chi connectivity index (χ2v) is 6.09. The maximum Gasteiger partial charge on any atom is 0.239 e. The smallest absolute Gasteiger partial charge is 0.239 e. The van der Waals surface area contributed by atoms with Crippen LogP contribution in [0, 0.1) is 0 Å². The summed E-state index contributed by atoms with van der Waals surface area (Å²) in [5.74, 6) is 0.406. The van der Waals surface area contributed by atoms with E-state index in [1.54, 1.807) is 0 Å². The first-order valence-electron chi connectivity index (χ1n) is 5.71. The zero-order valence-electron chi connectivity index (χ0n) is 10.1. The van der Waals surface area contributed by atoms with Crippen molar-refractivity contribution in [1.82, 2.24) is 10.3 Å². The number of sulfonamides is 1. The van der Waals surface area contributed by atoms with E-state index in [9.17, 15) is 8.42 Å². The quantitative estimate of drug-likeness (QED) is 0.710. The highest BCUT2D eigenvalue weighted by molar-refractivity contribution is 7.89. The lowest BCUT2D eigenvalue weighted by molar-refractivity contribution is 0.0372. The fourth-order valence-electron chi connectivity index (χ4n) is 1.67. The van der Waals surface area contributed by atoms with Crippen molar-refractivity contribution in [3.63, 3.8) is 0 Å². The highest BCUT2D eigenvalue weighted by Gasteiger charge is 2.15.